The average Bonchev–Trinajstić information content (AvgIpc) is 3.01. The molecule has 0 amide bonds. The molecule has 1 aromatic rings. The average molecular weight is 329 g/mol. The molecule has 0 unspecified atom stereocenters. The molecule has 22 heavy (non-hydrogen) atoms. The van der Waals surface area contributed by atoms with Gasteiger partial charge < -0.3 is 4.74 Å². The van der Waals surface area contributed by atoms with Crippen LogP contribution in [0.1, 0.15) is 27.2 Å². The van der Waals surface area contributed by atoms with Crippen LogP contribution in [0.4, 0.5) is 0 Å². The zero-order valence-corrected chi connectivity index (χ0v) is 15.3. The van der Waals surface area contributed by atoms with Crippen molar-refractivity contribution in [3.8, 4) is 5.75 Å². The van der Waals surface area contributed by atoms with Crippen molar-refractivity contribution in [1.82, 2.24) is 0 Å². The number of benzene rings is 1. The first-order valence-electron chi connectivity index (χ1n) is 7.61. The van der Waals surface area contributed by atoms with E-state index in [1.807, 2.05) is 61.6 Å². The number of para-hydroxylation sites is 1. The summed E-state index contributed by atoms with van der Waals surface area (Å²) in [7, 11) is 0. The molecule has 115 valence electrons. The quantitative estimate of drug-likeness (QED) is 0.524. The Morgan fingerprint density at radius 3 is 2.55 bits per heavy atom. The van der Waals surface area contributed by atoms with Gasteiger partial charge in [0.2, 0.25) is 0 Å². The van der Waals surface area contributed by atoms with Crippen LogP contribution in [0.15, 0.2) is 76.7 Å². The Bertz CT molecular complexity index is 559. The van der Waals surface area contributed by atoms with Crippen LogP contribution in [0.2, 0.25) is 0 Å². The van der Waals surface area contributed by atoms with Crippen LogP contribution in [-0.2, 0) is 18.7 Å². The summed E-state index contributed by atoms with van der Waals surface area (Å²) in [6.45, 7) is 7.08. The van der Waals surface area contributed by atoms with Gasteiger partial charge in [-0.2, -0.15) is 0 Å². The van der Waals surface area contributed by atoms with E-state index in [2.05, 4.69) is 32.1 Å². The predicted molar refractivity (Wildman–Crippen MR) is 94.1 cm³/mol. The van der Waals surface area contributed by atoms with E-state index in [0.717, 1.165) is 5.75 Å². The molecule has 0 saturated heterocycles. The van der Waals surface area contributed by atoms with Crippen molar-refractivity contribution in [1.29, 1.82) is 0 Å². The zero-order chi connectivity index (χ0) is 16.0. The van der Waals surface area contributed by atoms with Gasteiger partial charge in [-0.05, 0) is 25.1 Å². The molecule has 0 spiro atoms. The van der Waals surface area contributed by atoms with E-state index >= 15 is 0 Å². The molecule has 0 atom stereocenters. The Balaban J connectivity index is 0.000000235. The first-order valence-corrected chi connectivity index (χ1v) is 9.17. The van der Waals surface area contributed by atoms with E-state index in [4.69, 9.17) is 4.74 Å². The van der Waals surface area contributed by atoms with Crippen LogP contribution in [-0.4, -0.2) is 10.4 Å². The second kappa shape index (κ2) is 12.1. The molecular weight excluding hydrogens is 304 g/mol. The van der Waals surface area contributed by atoms with Crippen LogP contribution >= 0.6 is 0 Å². The first-order chi connectivity index (χ1) is 10.7. The Morgan fingerprint density at radius 1 is 1.18 bits per heavy atom. The van der Waals surface area contributed by atoms with Crippen LogP contribution in [0.5, 0.6) is 5.75 Å². The summed E-state index contributed by atoms with van der Waals surface area (Å²) in [5, 5.41) is 0. The van der Waals surface area contributed by atoms with Crippen LogP contribution < -0.4 is 4.74 Å². The first kappa shape index (κ1) is 18.6. The number of rotatable bonds is 5. The molecule has 2 heteroatoms. The Kier molecular flexibility index (Phi) is 10.3. The van der Waals surface area contributed by atoms with Crippen molar-refractivity contribution in [3.05, 3.63) is 76.7 Å². The summed E-state index contributed by atoms with van der Waals surface area (Å²) in [6.07, 6.45) is 15.8. The molecule has 0 radical (unpaired) electrons. The molecule has 1 aliphatic rings. The topological polar surface area (TPSA) is 9.23 Å². The van der Waals surface area contributed by atoms with Gasteiger partial charge in [0, 0.05) is 0 Å². The summed E-state index contributed by atoms with van der Waals surface area (Å²) in [5.41, 5.74) is 0. The number of hydrogen-bond donors (Lipinski definition) is 0. The van der Waals surface area contributed by atoms with Crippen molar-refractivity contribution in [2.75, 3.05) is 6.61 Å². The van der Waals surface area contributed by atoms with Crippen LogP contribution in [0, 0.1) is 0 Å². The van der Waals surface area contributed by atoms with Gasteiger partial charge in [-0.25, -0.2) is 0 Å². The second-order valence-electron chi connectivity index (χ2n) is 5.03. The van der Waals surface area contributed by atoms with Crippen molar-refractivity contribution in [2.24, 2.45) is 0 Å². The minimum atomic E-state index is 0.153. The van der Waals surface area contributed by atoms with Gasteiger partial charge in [0.1, 0.15) is 12.4 Å². The fourth-order valence-corrected chi connectivity index (χ4v) is 3.39. The van der Waals surface area contributed by atoms with Gasteiger partial charge >= 0.3 is 64.9 Å². The van der Waals surface area contributed by atoms with E-state index in [0.29, 0.717) is 6.61 Å². The summed E-state index contributed by atoms with van der Waals surface area (Å²) in [5.74, 6) is 0.910. The molecule has 2 rings (SSSR count). The SMILES string of the molecule is CC=CC=CCOc1ccccc1.C[C](C)=[Ti][C]1=CC=CC1. The molecule has 0 aliphatic heterocycles. The zero-order valence-electron chi connectivity index (χ0n) is 13.8. The third-order valence-electron chi connectivity index (χ3n) is 2.71. The molecule has 0 aromatic heterocycles. The third kappa shape index (κ3) is 9.49. The fraction of sp³-hybridized carbons (Fsp3) is 0.250. The van der Waals surface area contributed by atoms with Gasteiger partial charge in [0.15, 0.2) is 0 Å². The van der Waals surface area contributed by atoms with Gasteiger partial charge in [0.25, 0.3) is 0 Å². The molecule has 1 aromatic carbocycles. The summed E-state index contributed by atoms with van der Waals surface area (Å²) in [4.78, 5) is 0. The van der Waals surface area contributed by atoms with E-state index < -0.39 is 0 Å². The summed E-state index contributed by atoms with van der Waals surface area (Å²) in [6, 6.07) is 9.80. The molecule has 0 fully saturated rings. The van der Waals surface area contributed by atoms with Gasteiger partial charge in [0.05, 0.1) is 0 Å². The molecular formula is C20H25OTi. The molecule has 0 bridgehead atoms. The van der Waals surface area contributed by atoms with E-state index in [-0.39, 0.29) is 18.7 Å². The molecule has 0 heterocycles. The maximum atomic E-state index is 5.43. The maximum absolute atomic E-state index is 5.43. The predicted octanol–water partition coefficient (Wildman–Crippen LogP) is 5.32. The minimum absolute atomic E-state index is 0.153. The van der Waals surface area contributed by atoms with Crippen molar-refractivity contribution in [3.63, 3.8) is 0 Å². The third-order valence-corrected chi connectivity index (χ3v) is 4.57. The van der Waals surface area contributed by atoms with Crippen molar-refractivity contribution in [2.45, 2.75) is 27.2 Å². The van der Waals surface area contributed by atoms with Crippen LogP contribution in [0.3, 0.4) is 0 Å². The molecule has 1 aliphatic carbocycles. The second-order valence-corrected chi connectivity index (χ2v) is 7.98. The van der Waals surface area contributed by atoms with Crippen molar-refractivity contribution >= 4 is 3.81 Å². The van der Waals surface area contributed by atoms with Crippen molar-refractivity contribution < 1.29 is 23.4 Å². The van der Waals surface area contributed by atoms with E-state index in [1.165, 1.54) is 6.42 Å². The normalized spacial score (nSPS) is 12.8. The Labute approximate surface area is 143 Å². The van der Waals surface area contributed by atoms with E-state index in [1.54, 1.807) is 7.69 Å². The van der Waals surface area contributed by atoms with E-state index in [9.17, 15) is 0 Å². The molecule has 1 nitrogen and oxygen atoms in total. The van der Waals surface area contributed by atoms with Gasteiger partial charge in [-0.15, -0.1) is 0 Å². The number of hydrogen-bond acceptors (Lipinski definition) is 1. The Morgan fingerprint density at radius 2 is 1.95 bits per heavy atom. The summed E-state index contributed by atoms with van der Waals surface area (Å²) < 4.78 is 8.74. The standard InChI is InChI=1S/C12H14O.C5H5.C3H6.Ti/c1-2-3-4-8-11-13-12-9-6-5-7-10-12;1-2-4-5-3-1;1-3-2;/h2-10H,11H2,1H3;1-3H,4H2;1-2H3;. The Hall–Kier alpha value is -1.44. The molecule has 0 N–H and O–H groups in total. The molecule has 0 saturated carbocycles. The number of allylic oxidation sites excluding steroid dienone is 7. The van der Waals surface area contributed by atoms with Gasteiger partial charge in [-0.3, -0.25) is 0 Å². The fourth-order valence-electron chi connectivity index (χ4n) is 1.77. The van der Waals surface area contributed by atoms with Gasteiger partial charge in [-0.1, -0.05) is 36.4 Å². The number of ether oxygens (including phenoxy) is 1. The monoisotopic (exact) mass is 329 g/mol. The summed E-state index contributed by atoms with van der Waals surface area (Å²) >= 11 is 0.153. The van der Waals surface area contributed by atoms with Crippen LogP contribution in [0.25, 0.3) is 0 Å².